The quantitative estimate of drug-likeness (QED) is 0.610. The van der Waals surface area contributed by atoms with Crippen LogP contribution in [-0.2, 0) is 11.2 Å². The molecule has 1 aliphatic heterocycles. The van der Waals surface area contributed by atoms with Crippen molar-refractivity contribution in [1.29, 1.82) is 0 Å². The number of rotatable bonds is 6. The Kier molecular flexibility index (Phi) is 5.45. The molecule has 5 nitrogen and oxygen atoms in total. The van der Waals surface area contributed by atoms with Crippen molar-refractivity contribution in [3.05, 3.63) is 53.2 Å². The monoisotopic (exact) mass is 380 g/mol. The van der Waals surface area contributed by atoms with E-state index in [2.05, 4.69) is 32.1 Å². The zero-order chi connectivity index (χ0) is 18.6. The number of thiophene rings is 1. The average Bonchev–Trinajstić information content (AvgIpc) is 3.13. The second kappa shape index (κ2) is 8.15. The molecule has 27 heavy (non-hydrogen) atoms. The Morgan fingerprint density at radius 2 is 1.93 bits per heavy atom. The molecule has 3 aromatic rings. The van der Waals surface area contributed by atoms with Gasteiger partial charge in [0.1, 0.15) is 23.3 Å². The smallest absolute Gasteiger partial charge is 0.141 e. The Morgan fingerprint density at radius 3 is 2.63 bits per heavy atom. The number of fused-ring (bicyclic) bond motifs is 1. The number of aldehydes is 1. The Hall–Kier alpha value is -2.31. The van der Waals surface area contributed by atoms with Crippen LogP contribution >= 0.6 is 11.3 Å². The van der Waals surface area contributed by atoms with Gasteiger partial charge in [0.05, 0.1) is 11.4 Å². The van der Waals surface area contributed by atoms with Gasteiger partial charge in [0, 0.05) is 26.2 Å². The Balaban J connectivity index is 1.53. The topological polar surface area (TPSA) is 49.3 Å². The van der Waals surface area contributed by atoms with Crippen molar-refractivity contribution >= 4 is 33.7 Å². The molecule has 4 rings (SSSR count). The van der Waals surface area contributed by atoms with Gasteiger partial charge < -0.3 is 9.69 Å². The number of aromatic nitrogens is 2. The predicted molar refractivity (Wildman–Crippen MR) is 110 cm³/mol. The number of hydrogen-bond acceptors (Lipinski definition) is 6. The van der Waals surface area contributed by atoms with Crippen LogP contribution in [0.1, 0.15) is 30.5 Å². The standard InChI is InChI=1S/C21H24N4OS/c1-2-6-17-14-27-21-19(17)20(22-15-23-21)25-11-9-24(10-12-25)18(13-26)16-7-4-3-5-8-16/h3-5,7-8,13-15,18H,2,6,9-12H2,1H3. The maximum Gasteiger partial charge on any atom is 0.141 e. The van der Waals surface area contributed by atoms with Crippen LogP contribution in [0.15, 0.2) is 42.0 Å². The molecular formula is C21H24N4OS. The van der Waals surface area contributed by atoms with Gasteiger partial charge >= 0.3 is 0 Å². The van der Waals surface area contributed by atoms with Crippen LogP contribution in [0.25, 0.3) is 10.2 Å². The van der Waals surface area contributed by atoms with E-state index in [-0.39, 0.29) is 6.04 Å². The molecule has 0 N–H and O–H groups in total. The maximum atomic E-state index is 11.7. The lowest BCUT2D eigenvalue weighted by Gasteiger charge is -2.38. The maximum absolute atomic E-state index is 11.7. The van der Waals surface area contributed by atoms with Crippen LogP contribution < -0.4 is 4.90 Å². The molecule has 2 aromatic heterocycles. The highest BCUT2D eigenvalue weighted by atomic mass is 32.1. The number of benzene rings is 1. The molecular weight excluding hydrogens is 356 g/mol. The van der Waals surface area contributed by atoms with E-state index < -0.39 is 0 Å². The number of nitrogens with zero attached hydrogens (tertiary/aromatic N) is 4. The van der Waals surface area contributed by atoms with E-state index in [0.717, 1.165) is 61.5 Å². The molecule has 3 heterocycles. The molecule has 0 spiro atoms. The van der Waals surface area contributed by atoms with Gasteiger partial charge in [-0.2, -0.15) is 0 Å². The molecule has 140 valence electrons. The van der Waals surface area contributed by atoms with Crippen LogP contribution in [0.4, 0.5) is 5.82 Å². The first kappa shape index (κ1) is 18.1. The Bertz CT molecular complexity index is 903. The van der Waals surface area contributed by atoms with Crippen molar-refractivity contribution < 1.29 is 4.79 Å². The third-order valence-corrected chi connectivity index (χ3v) is 6.16. The van der Waals surface area contributed by atoms with E-state index in [1.165, 1.54) is 10.9 Å². The van der Waals surface area contributed by atoms with Crippen molar-refractivity contribution in [2.75, 3.05) is 31.1 Å². The molecule has 1 unspecified atom stereocenters. The molecule has 1 aromatic carbocycles. The molecule has 1 aliphatic rings. The molecule has 0 radical (unpaired) electrons. The number of aryl methyl sites for hydroxylation is 1. The second-order valence-electron chi connectivity index (χ2n) is 6.90. The summed E-state index contributed by atoms with van der Waals surface area (Å²) in [6.45, 7) is 5.62. The number of anilines is 1. The van der Waals surface area contributed by atoms with Crippen molar-refractivity contribution in [3.8, 4) is 0 Å². The molecule has 0 amide bonds. The highest BCUT2D eigenvalue weighted by Gasteiger charge is 2.26. The highest BCUT2D eigenvalue weighted by molar-refractivity contribution is 7.17. The van der Waals surface area contributed by atoms with Crippen molar-refractivity contribution in [2.45, 2.75) is 25.8 Å². The Labute approximate surface area is 163 Å². The third-order valence-electron chi connectivity index (χ3n) is 5.22. The van der Waals surface area contributed by atoms with E-state index in [4.69, 9.17) is 0 Å². The highest BCUT2D eigenvalue weighted by Crippen LogP contribution is 2.33. The van der Waals surface area contributed by atoms with E-state index in [1.807, 2.05) is 30.3 Å². The third kappa shape index (κ3) is 3.59. The SMILES string of the molecule is CCCc1csc2ncnc(N3CCN(C(C=O)c4ccccc4)CC3)c12. The number of piperazine rings is 1. The number of hydrogen-bond donors (Lipinski definition) is 0. The summed E-state index contributed by atoms with van der Waals surface area (Å²) in [6.07, 6.45) is 4.91. The molecule has 0 saturated carbocycles. The zero-order valence-corrected chi connectivity index (χ0v) is 16.4. The van der Waals surface area contributed by atoms with E-state index in [0.29, 0.717) is 0 Å². The lowest BCUT2D eigenvalue weighted by Crippen LogP contribution is -2.48. The fourth-order valence-electron chi connectivity index (χ4n) is 3.85. The van der Waals surface area contributed by atoms with Gasteiger partial charge in [-0.25, -0.2) is 9.97 Å². The molecule has 6 heteroatoms. The summed E-state index contributed by atoms with van der Waals surface area (Å²) in [5.41, 5.74) is 2.42. The minimum Gasteiger partial charge on any atom is -0.353 e. The minimum atomic E-state index is -0.171. The summed E-state index contributed by atoms with van der Waals surface area (Å²) in [7, 11) is 0. The minimum absolute atomic E-state index is 0.171. The summed E-state index contributed by atoms with van der Waals surface area (Å²) < 4.78 is 0. The predicted octanol–water partition coefficient (Wildman–Crippen LogP) is 3.71. The number of carbonyl (C=O) groups excluding carboxylic acids is 1. The van der Waals surface area contributed by atoms with Gasteiger partial charge in [-0.05, 0) is 22.9 Å². The van der Waals surface area contributed by atoms with Crippen molar-refractivity contribution in [1.82, 2.24) is 14.9 Å². The Morgan fingerprint density at radius 1 is 1.15 bits per heavy atom. The van der Waals surface area contributed by atoms with Crippen LogP contribution in [0.3, 0.4) is 0 Å². The van der Waals surface area contributed by atoms with Crippen LogP contribution in [0.5, 0.6) is 0 Å². The van der Waals surface area contributed by atoms with Gasteiger partial charge in [-0.1, -0.05) is 43.7 Å². The molecule has 0 aliphatic carbocycles. The summed E-state index contributed by atoms with van der Waals surface area (Å²) in [5, 5.41) is 3.44. The van der Waals surface area contributed by atoms with Crippen molar-refractivity contribution in [2.24, 2.45) is 0 Å². The number of carbonyl (C=O) groups is 1. The van der Waals surface area contributed by atoms with Crippen LogP contribution in [-0.4, -0.2) is 47.3 Å². The van der Waals surface area contributed by atoms with Gasteiger partial charge in [0.2, 0.25) is 0 Å². The fourth-order valence-corrected chi connectivity index (χ4v) is 4.79. The first-order valence-corrected chi connectivity index (χ1v) is 10.4. The lowest BCUT2D eigenvalue weighted by molar-refractivity contribution is -0.112. The fraction of sp³-hybridized carbons (Fsp3) is 0.381. The zero-order valence-electron chi connectivity index (χ0n) is 15.5. The first-order chi connectivity index (χ1) is 13.3. The largest absolute Gasteiger partial charge is 0.353 e. The average molecular weight is 381 g/mol. The first-order valence-electron chi connectivity index (χ1n) is 9.52. The van der Waals surface area contributed by atoms with E-state index in [1.54, 1.807) is 17.7 Å². The van der Waals surface area contributed by atoms with Crippen molar-refractivity contribution in [3.63, 3.8) is 0 Å². The summed E-state index contributed by atoms with van der Waals surface area (Å²) >= 11 is 1.70. The van der Waals surface area contributed by atoms with Crippen LogP contribution in [0, 0.1) is 0 Å². The summed E-state index contributed by atoms with van der Waals surface area (Å²) in [5.74, 6) is 1.05. The summed E-state index contributed by atoms with van der Waals surface area (Å²) in [4.78, 5) is 26.5. The lowest BCUT2D eigenvalue weighted by atomic mass is 10.1. The molecule has 1 atom stereocenters. The molecule has 1 fully saturated rings. The van der Waals surface area contributed by atoms with E-state index in [9.17, 15) is 4.79 Å². The summed E-state index contributed by atoms with van der Waals surface area (Å²) in [6, 6.07) is 9.86. The van der Waals surface area contributed by atoms with Gasteiger partial charge in [-0.3, -0.25) is 4.90 Å². The van der Waals surface area contributed by atoms with Gasteiger partial charge in [0.25, 0.3) is 0 Å². The molecule has 0 bridgehead atoms. The van der Waals surface area contributed by atoms with Gasteiger partial charge in [0.15, 0.2) is 0 Å². The van der Waals surface area contributed by atoms with Crippen LogP contribution in [0.2, 0.25) is 0 Å². The molecule has 1 saturated heterocycles. The van der Waals surface area contributed by atoms with Gasteiger partial charge in [-0.15, -0.1) is 11.3 Å². The van der Waals surface area contributed by atoms with E-state index >= 15 is 0 Å². The second-order valence-corrected chi connectivity index (χ2v) is 7.76. The normalized spacial score (nSPS) is 16.6.